The molecule has 76 valence electrons. The van der Waals surface area contributed by atoms with Gasteiger partial charge < -0.3 is 15.8 Å². The van der Waals surface area contributed by atoms with Gasteiger partial charge in [-0.2, -0.15) is 0 Å². The second kappa shape index (κ2) is 3.56. The highest BCUT2D eigenvalue weighted by atomic mass is 16.5. The minimum absolute atomic E-state index is 0.000556. The Morgan fingerprint density at radius 2 is 2.08 bits per heavy atom. The van der Waals surface area contributed by atoms with Crippen molar-refractivity contribution < 1.29 is 4.74 Å². The summed E-state index contributed by atoms with van der Waals surface area (Å²) in [5, 5.41) is 3.54. The van der Waals surface area contributed by atoms with Crippen molar-refractivity contribution in [2.24, 2.45) is 11.7 Å². The molecule has 2 aliphatic rings. The van der Waals surface area contributed by atoms with Gasteiger partial charge in [0.1, 0.15) is 0 Å². The van der Waals surface area contributed by atoms with Crippen LogP contribution in [0, 0.1) is 5.92 Å². The normalized spacial score (nSPS) is 37.4. The smallest absolute Gasteiger partial charge is 0.0484 e. The number of rotatable bonds is 3. The fraction of sp³-hybridized carbons (Fsp3) is 1.00. The first kappa shape index (κ1) is 9.44. The predicted octanol–water partition coefficient (Wildman–Crippen LogP) is 0.492. The van der Waals surface area contributed by atoms with Crippen LogP contribution in [0.5, 0.6) is 0 Å². The molecule has 0 radical (unpaired) electrons. The summed E-state index contributed by atoms with van der Waals surface area (Å²) in [6, 6.07) is 0.739. The highest BCUT2D eigenvalue weighted by Gasteiger charge is 2.35. The van der Waals surface area contributed by atoms with E-state index in [-0.39, 0.29) is 5.54 Å². The molecule has 3 nitrogen and oxygen atoms in total. The number of nitrogens with two attached hydrogens (primary N) is 1. The zero-order valence-corrected chi connectivity index (χ0v) is 8.38. The Balaban J connectivity index is 1.72. The standard InChI is InChI=1S/C10H20N2O/c1-8-6-9(8)12-7-10(11)2-4-13-5-3-10/h8-9,12H,2-7,11H2,1H3. The van der Waals surface area contributed by atoms with Crippen molar-refractivity contribution in [2.45, 2.75) is 37.8 Å². The van der Waals surface area contributed by atoms with Gasteiger partial charge in [-0.25, -0.2) is 0 Å². The molecule has 0 aromatic heterocycles. The van der Waals surface area contributed by atoms with Crippen LogP contribution in [-0.2, 0) is 4.74 Å². The average molecular weight is 184 g/mol. The van der Waals surface area contributed by atoms with Gasteiger partial charge in [-0.15, -0.1) is 0 Å². The number of ether oxygens (including phenoxy) is 1. The average Bonchev–Trinajstić information content (AvgIpc) is 2.80. The van der Waals surface area contributed by atoms with Crippen molar-refractivity contribution in [3.05, 3.63) is 0 Å². The van der Waals surface area contributed by atoms with E-state index in [4.69, 9.17) is 10.5 Å². The minimum atomic E-state index is 0.000556. The lowest BCUT2D eigenvalue weighted by Crippen LogP contribution is -2.52. The zero-order valence-electron chi connectivity index (χ0n) is 8.38. The molecule has 3 heteroatoms. The van der Waals surface area contributed by atoms with Crippen LogP contribution in [0.15, 0.2) is 0 Å². The van der Waals surface area contributed by atoms with Gasteiger partial charge in [-0.1, -0.05) is 6.92 Å². The SMILES string of the molecule is CC1CC1NCC1(N)CCOCC1. The Morgan fingerprint density at radius 1 is 1.46 bits per heavy atom. The first-order valence-corrected chi connectivity index (χ1v) is 5.30. The van der Waals surface area contributed by atoms with Crippen LogP contribution >= 0.6 is 0 Å². The monoisotopic (exact) mass is 184 g/mol. The Labute approximate surface area is 80.0 Å². The molecule has 1 saturated heterocycles. The third kappa shape index (κ3) is 2.42. The Hall–Kier alpha value is -0.120. The van der Waals surface area contributed by atoms with Crippen molar-refractivity contribution >= 4 is 0 Å². The summed E-state index contributed by atoms with van der Waals surface area (Å²) < 4.78 is 5.30. The van der Waals surface area contributed by atoms with Gasteiger partial charge >= 0.3 is 0 Å². The topological polar surface area (TPSA) is 47.3 Å². The maximum atomic E-state index is 6.24. The maximum absolute atomic E-state index is 6.24. The molecule has 1 aliphatic carbocycles. The lowest BCUT2D eigenvalue weighted by Gasteiger charge is -2.33. The number of hydrogen-bond donors (Lipinski definition) is 2. The van der Waals surface area contributed by atoms with E-state index in [0.717, 1.165) is 44.6 Å². The molecule has 0 aromatic rings. The molecule has 0 bridgehead atoms. The summed E-state index contributed by atoms with van der Waals surface area (Å²) in [4.78, 5) is 0. The molecule has 0 spiro atoms. The molecule has 2 atom stereocenters. The van der Waals surface area contributed by atoms with Crippen molar-refractivity contribution in [2.75, 3.05) is 19.8 Å². The highest BCUT2D eigenvalue weighted by Crippen LogP contribution is 2.29. The third-order valence-electron chi connectivity index (χ3n) is 3.31. The molecule has 13 heavy (non-hydrogen) atoms. The van der Waals surface area contributed by atoms with Crippen LogP contribution in [0.3, 0.4) is 0 Å². The van der Waals surface area contributed by atoms with E-state index in [2.05, 4.69) is 12.2 Å². The van der Waals surface area contributed by atoms with E-state index in [1.54, 1.807) is 0 Å². The molecule has 0 amide bonds. The van der Waals surface area contributed by atoms with E-state index in [1.165, 1.54) is 6.42 Å². The second-order valence-corrected chi connectivity index (χ2v) is 4.68. The number of nitrogens with one attached hydrogen (secondary N) is 1. The van der Waals surface area contributed by atoms with E-state index in [1.807, 2.05) is 0 Å². The number of hydrogen-bond acceptors (Lipinski definition) is 3. The fourth-order valence-corrected chi connectivity index (χ4v) is 1.90. The Kier molecular flexibility index (Phi) is 2.58. The molecule has 2 fully saturated rings. The van der Waals surface area contributed by atoms with Gasteiger partial charge in [-0.3, -0.25) is 0 Å². The van der Waals surface area contributed by atoms with E-state index >= 15 is 0 Å². The van der Waals surface area contributed by atoms with E-state index in [0.29, 0.717) is 0 Å². The third-order valence-corrected chi connectivity index (χ3v) is 3.31. The van der Waals surface area contributed by atoms with Crippen LogP contribution in [0.2, 0.25) is 0 Å². The molecule has 1 heterocycles. The Bertz CT molecular complexity index is 178. The quantitative estimate of drug-likeness (QED) is 0.671. The summed E-state index contributed by atoms with van der Waals surface area (Å²) >= 11 is 0. The van der Waals surface area contributed by atoms with Gasteiger partial charge in [-0.05, 0) is 25.2 Å². The molecule has 3 N–H and O–H groups in total. The maximum Gasteiger partial charge on any atom is 0.0484 e. The van der Waals surface area contributed by atoms with Crippen LogP contribution < -0.4 is 11.1 Å². The molecule has 2 rings (SSSR count). The molecular weight excluding hydrogens is 164 g/mol. The van der Waals surface area contributed by atoms with Gasteiger partial charge in [0.2, 0.25) is 0 Å². The zero-order chi connectivity index (χ0) is 9.31. The van der Waals surface area contributed by atoms with E-state index in [9.17, 15) is 0 Å². The summed E-state index contributed by atoms with van der Waals surface area (Å²) in [7, 11) is 0. The van der Waals surface area contributed by atoms with Gasteiger partial charge in [0.05, 0.1) is 0 Å². The second-order valence-electron chi connectivity index (χ2n) is 4.68. The molecular formula is C10H20N2O. The summed E-state index contributed by atoms with van der Waals surface area (Å²) in [5.41, 5.74) is 6.24. The first-order valence-electron chi connectivity index (χ1n) is 5.30. The van der Waals surface area contributed by atoms with Crippen molar-refractivity contribution in [3.63, 3.8) is 0 Å². The molecule has 0 aromatic carbocycles. The van der Waals surface area contributed by atoms with Crippen LogP contribution in [0.25, 0.3) is 0 Å². The summed E-state index contributed by atoms with van der Waals surface area (Å²) in [6.07, 6.45) is 3.33. The van der Waals surface area contributed by atoms with Gasteiger partial charge in [0, 0.05) is 31.3 Å². The predicted molar refractivity (Wildman–Crippen MR) is 52.5 cm³/mol. The van der Waals surface area contributed by atoms with E-state index < -0.39 is 0 Å². The molecule has 2 unspecified atom stereocenters. The van der Waals surface area contributed by atoms with Crippen molar-refractivity contribution in [3.8, 4) is 0 Å². The lowest BCUT2D eigenvalue weighted by molar-refractivity contribution is 0.0530. The van der Waals surface area contributed by atoms with Crippen molar-refractivity contribution in [1.82, 2.24) is 5.32 Å². The minimum Gasteiger partial charge on any atom is -0.381 e. The van der Waals surface area contributed by atoms with Crippen molar-refractivity contribution in [1.29, 1.82) is 0 Å². The van der Waals surface area contributed by atoms with Crippen LogP contribution in [0.1, 0.15) is 26.2 Å². The highest BCUT2D eigenvalue weighted by molar-refractivity contribution is 4.95. The largest absolute Gasteiger partial charge is 0.381 e. The summed E-state index contributed by atoms with van der Waals surface area (Å²) in [6.45, 7) is 4.91. The lowest BCUT2D eigenvalue weighted by atomic mass is 9.91. The van der Waals surface area contributed by atoms with Crippen LogP contribution in [-0.4, -0.2) is 31.3 Å². The Morgan fingerprint density at radius 3 is 2.62 bits per heavy atom. The van der Waals surface area contributed by atoms with Gasteiger partial charge in [0.15, 0.2) is 0 Å². The molecule has 1 saturated carbocycles. The van der Waals surface area contributed by atoms with Crippen LogP contribution in [0.4, 0.5) is 0 Å². The fourth-order valence-electron chi connectivity index (χ4n) is 1.90. The summed E-state index contributed by atoms with van der Waals surface area (Å²) in [5.74, 6) is 0.864. The first-order chi connectivity index (χ1) is 6.20. The van der Waals surface area contributed by atoms with Gasteiger partial charge in [0.25, 0.3) is 0 Å². The molecule has 1 aliphatic heterocycles.